The van der Waals surface area contributed by atoms with Gasteiger partial charge in [0.1, 0.15) is 11.9 Å². The van der Waals surface area contributed by atoms with Crippen molar-refractivity contribution in [2.24, 2.45) is 0 Å². The van der Waals surface area contributed by atoms with Crippen molar-refractivity contribution in [3.05, 3.63) is 35.7 Å². The molecule has 1 aliphatic carbocycles. The molecule has 5 rings (SSSR count). The molecule has 2 saturated heterocycles. The highest BCUT2D eigenvalue weighted by atomic mass is 16.6. The number of hydrogen-bond donors (Lipinski definition) is 1. The fraction of sp³-hybridized carbons (Fsp3) is 0.630. The van der Waals surface area contributed by atoms with Crippen molar-refractivity contribution < 1.29 is 14.3 Å². The number of likely N-dealkylation sites (N-methyl/N-ethyl adjacent to an activating group) is 1. The molecule has 10 nitrogen and oxygen atoms in total. The van der Waals surface area contributed by atoms with Crippen LogP contribution in [0.4, 0.5) is 10.6 Å². The molecule has 0 aromatic carbocycles. The second-order valence-corrected chi connectivity index (χ2v) is 11.1. The molecule has 200 valence electrons. The zero-order chi connectivity index (χ0) is 26.1. The third-order valence-corrected chi connectivity index (χ3v) is 7.40. The number of carbonyl (C=O) groups is 2. The summed E-state index contributed by atoms with van der Waals surface area (Å²) < 4.78 is 7.58. The van der Waals surface area contributed by atoms with Gasteiger partial charge in [0, 0.05) is 55.0 Å². The number of amides is 2. The van der Waals surface area contributed by atoms with E-state index >= 15 is 0 Å². The van der Waals surface area contributed by atoms with Crippen molar-refractivity contribution in [3.8, 4) is 0 Å². The van der Waals surface area contributed by atoms with Crippen molar-refractivity contribution >= 4 is 23.5 Å². The van der Waals surface area contributed by atoms with Crippen LogP contribution in [0.5, 0.6) is 0 Å². The smallest absolute Gasteiger partial charge is 0.410 e. The topological polar surface area (TPSA) is 95.3 Å². The van der Waals surface area contributed by atoms with Gasteiger partial charge < -0.3 is 24.8 Å². The lowest BCUT2D eigenvalue weighted by molar-refractivity contribution is -0.136. The van der Waals surface area contributed by atoms with Crippen molar-refractivity contribution in [2.45, 2.75) is 63.5 Å². The van der Waals surface area contributed by atoms with Crippen LogP contribution in [0.3, 0.4) is 0 Å². The van der Waals surface area contributed by atoms with Crippen LogP contribution in [-0.4, -0.2) is 100 Å². The van der Waals surface area contributed by atoms with Crippen molar-refractivity contribution in [3.63, 3.8) is 0 Å². The van der Waals surface area contributed by atoms with Crippen LogP contribution in [-0.2, 0) is 9.53 Å². The number of hydrogen-bond acceptors (Lipinski definition) is 7. The molecule has 3 aliphatic rings. The zero-order valence-corrected chi connectivity index (χ0v) is 22.4. The minimum Gasteiger partial charge on any atom is -0.442 e. The fourth-order valence-corrected chi connectivity index (χ4v) is 4.89. The van der Waals surface area contributed by atoms with Gasteiger partial charge in [-0.1, -0.05) is 19.9 Å². The number of anilines is 1. The number of rotatable bonds is 8. The van der Waals surface area contributed by atoms with Crippen molar-refractivity contribution in [2.75, 3.05) is 52.1 Å². The maximum Gasteiger partial charge on any atom is 0.410 e. The van der Waals surface area contributed by atoms with Crippen LogP contribution >= 0.6 is 0 Å². The molecule has 0 spiro atoms. The first-order valence-electron chi connectivity index (χ1n) is 13.5. The third-order valence-electron chi connectivity index (χ3n) is 7.40. The lowest BCUT2D eigenvalue weighted by Gasteiger charge is -2.39. The second kappa shape index (κ2) is 10.7. The Labute approximate surface area is 218 Å². The predicted molar refractivity (Wildman–Crippen MR) is 142 cm³/mol. The fourth-order valence-electron chi connectivity index (χ4n) is 4.89. The summed E-state index contributed by atoms with van der Waals surface area (Å²) in [6.45, 7) is 7.26. The molecule has 1 N–H and O–H groups in total. The van der Waals surface area contributed by atoms with Crippen LogP contribution in [0.15, 0.2) is 24.4 Å². The third kappa shape index (κ3) is 5.89. The Bertz CT molecular complexity index is 1160. The Morgan fingerprint density at radius 2 is 1.89 bits per heavy atom. The highest BCUT2D eigenvalue weighted by Gasteiger charge is 2.35. The van der Waals surface area contributed by atoms with Gasteiger partial charge in [-0.25, -0.2) is 9.78 Å². The number of ether oxygens (including phenoxy) is 1. The summed E-state index contributed by atoms with van der Waals surface area (Å²) in [7, 11) is 3.91. The van der Waals surface area contributed by atoms with E-state index in [1.807, 2.05) is 35.8 Å². The first kappa shape index (κ1) is 25.5. The molecule has 37 heavy (non-hydrogen) atoms. The molecule has 0 unspecified atom stereocenters. The number of aromatic nitrogens is 3. The molecule has 2 amide bonds. The van der Waals surface area contributed by atoms with E-state index in [1.165, 1.54) is 18.4 Å². The molecular formula is C27H39N7O3. The molecule has 4 heterocycles. The summed E-state index contributed by atoms with van der Waals surface area (Å²) in [6, 6.07) is 2.40. The average Bonchev–Trinajstić information content (AvgIpc) is 3.59. The number of carbonyl (C=O) groups excluding carboxylic acids is 2. The number of piperidine rings is 1. The maximum atomic E-state index is 12.7. The minimum atomic E-state index is -0.283. The van der Waals surface area contributed by atoms with E-state index in [0.29, 0.717) is 38.0 Å². The molecule has 2 aromatic heterocycles. The van der Waals surface area contributed by atoms with E-state index in [2.05, 4.69) is 30.3 Å². The molecular weight excluding hydrogens is 470 g/mol. The Balaban J connectivity index is 1.11. The average molecular weight is 510 g/mol. The van der Waals surface area contributed by atoms with Crippen molar-refractivity contribution in [1.29, 1.82) is 0 Å². The van der Waals surface area contributed by atoms with Crippen LogP contribution < -0.4 is 5.32 Å². The Hall–Kier alpha value is -3.14. The summed E-state index contributed by atoms with van der Waals surface area (Å²) in [4.78, 5) is 35.3. The lowest BCUT2D eigenvalue weighted by atomic mass is 10.1. The van der Waals surface area contributed by atoms with E-state index in [4.69, 9.17) is 9.72 Å². The summed E-state index contributed by atoms with van der Waals surface area (Å²) in [5, 5.41) is 8.32. The molecule has 0 atom stereocenters. The standard InChI is InChI=1S/C27H39N7O3/c1-18(2)22-15-28-34-24(14-23(19-7-8-19)30-26(22)34)29-20-9-12-32(13-10-20)27(36)37-21-16-33(17-21)25(35)6-5-11-31(3)4/h5-6,14-15,18-21,29H,7-13,16-17H2,1-4H3/b6-5+. The molecule has 10 heteroatoms. The number of likely N-dealkylation sites (tertiary alicyclic amines) is 2. The Morgan fingerprint density at radius 3 is 2.54 bits per heavy atom. The van der Waals surface area contributed by atoms with Gasteiger partial charge in [-0.15, -0.1) is 0 Å². The Morgan fingerprint density at radius 1 is 1.16 bits per heavy atom. The highest BCUT2D eigenvalue weighted by Crippen LogP contribution is 2.40. The van der Waals surface area contributed by atoms with Gasteiger partial charge in [0.05, 0.1) is 19.3 Å². The molecule has 0 radical (unpaired) electrons. The molecule has 2 aliphatic heterocycles. The normalized spacial score (nSPS) is 19.3. The van der Waals surface area contributed by atoms with E-state index in [1.54, 1.807) is 15.9 Å². The molecule has 0 bridgehead atoms. The van der Waals surface area contributed by atoms with E-state index in [-0.39, 0.29) is 24.1 Å². The van der Waals surface area contributed by atoms with Crippen LogP contribution in [0.1, 0.15) is 62.6 Å². The molecule has 3 fully saturated rings. The minimum absolute atomic E-state index is 0.0335. The van der Waals surface area contributed by atoms with Crippen LogP contribution in [0.2, 0.25) is 0 Å². The summed E-state index contributed by atoms with van der Waals surface area (Å²) in [6.07, 6.45) is 8.94. The van der Waals surface area contributed by atoms with Gasteiger partial charge in [-0.2, -0.15) is 9.61 Å². The molecule has 2 aromatic rings. The first-order chi connectivity index (χ1) is 17.8. The Kier molecular flexibility index (Phi) is 7.37. The van der Waals surface area contributed by atoms with Gasteiger partial charge in [-0.3, -0.25) is 4.79 Å². The summed E-state index contributed by atoms with van der Waals surface area (Å²) >= 11 is 0. The monoisotopic (exact) mass is 509 g/mol. The van der Waals surface area contributed by atoms with Gasteiger partial charge in [0.15, 0.2) is 5.65 Å². The zero-order valence-electron chi connectivity index (χ0n) is 22.4. The first-order valence-corrected chi connectivity index (χ1v) is 13.5. The summed E-state index contributed by atoms with van der Waals surface area (Å²) in [5.41, 5.74) is 3.27. The van der Waals surface area contributed by atoms with Crippen LogP contribution in [0, 0.1) is 0 Å². The molecule has 1 saturated carbocycles. The van der Waals surface area contributed by atoms with Crippen LogP contribution in [0.25, 0.3) is 5.65 Å². The number of nitrogens with zero attached hydrogens (tertiary/aromatic N) is 6. The maximum absolute atomic E-state index is 12.7. The van der Waals surface area contributed by atoms with Gasteiger partial charge in [-0.05, 0) is 45.7 Å². The largest absolute Gasteiger partial charge is 0.442 e. The van der Waals surface area contributed by atoms with Gasteiger partial charge in [0.25, 0.3) is 0 Å². The number of fused-ring (bicyclic) bond motifs is 1. The van der Waals surface area contributed by atoms with E-state index in [9.17, 15) is 9.59 Å². The van der Waals surface area contributed by atoms with Crippen molar-refractivity contribution in [1.82, 2.24) is 29.3 Å². The van der Waals surface area contributed by atoms with Gasteiger partial charge >= 0.3 is 6.09 Å². The quantitative estimate of drug-likeness (QED) is 0.547. The number of nitrogens with one attached hydrogen (secondary N) is 1. The lowest BCUT2D eigenvalue weighted by Crippen LogP contribution is -2.56. The predicted octanol–water partition coefficient (Wildman–Crippen LogP) is 3.07. The summed E-state index contributed by atoms with van der Waals surface area (Å²) in [5.74, 6) is 1.87. The van der Waals surface area contributed by atoms with E-state index in [0.717, 1.165) is 36.5 Å². The highest BCUT2D eigenvalue weighted by molar-refractivity contribution is 5.88. The van der Waals surface area contributed by atoms with E-state index < -0.39 is 0 Å². The second-order valence-electron chi connectivity index (χ2n) is 11.1. The van der Waals surface area contributed by atoms with Gasteiger partial charge in [0.2, 0.25) is 5.91 Å². The SMILES string of the molecule is CC(C)c1cnn2c(NC3CCN(C(=O)OC4CN(C(=O)/C=C/CN(C)C)C4)CC3)cc(C3CC3)nc12.